The molecule has 0 bridgehead atoms. The molecule has 0 spiro atoms. The number of benzene rings is 2. The Morgan fingerprint density at radius 3 is 2.62 bits per heavy atom. The van der Waals surface area contributed by atoms with Gasteiger partial charge in [-0.15, -0.1) is 11.3 Å². The number of likely N-dealkylation sites (tertiary alicyclic amines) is 1. The molecule has 0 radical (unpaired) electrons. The first-order chi connectivity index (χ1) is 19.2. The monoisotopic (exact) mass is 602 g/mol. The largest absolute Gasteiger partial charge is 0.385 e. The molecule has 1 saturated heterocycles. The summed E-state index contributed by atoms with van der Waals surface area (Å²) in [5, 5.41) is 3.73. The molecule has 0 aliphatic carbocycles. The summed E-state index contributed by atoms with van der Waals surface area (Å²) in [7, 11) is -3.83. The third-order valence-electron chi connectivity index (χ3n) is 6.82. The van der Waals surface area contributed by atoms with Crippen molar-refractivity contribution in [3.63, 3.8) is 0 Å². The fraction of sp³-hybridized carbons (Fsp3) is 0.321. The molecule has 2 aromatic heterocycles. The maximum Gasteiger partial charge on any atom is 0.265 e. The van der Waals surface area contributed by atoms with Gasteiger partial charge < -0.3 is 10.2 Å². The fourth-order valence-electron chi connectivity index (χ4n) is 4.83. The van der Waals surface area contributed by atoms with E-state index in [1.807, 2.05) is 6.07 Å². The van der Waals surface area contributed by atoms with Crippen molar-refractivity contribution < 1.29 is 17.6 Å². The number of anilines is 1. The van der Waals surface area contributed by atoms with Crippen LogP contribution in [-0.2, 0) is 21.1 Å². The third-order valence-corrected chi connectivity index (χ3v) is 10.3. The Hall–Kier alpha value is -3.12. The van der Waals surface area contributed by atoms with E-state index in [2.05, 4.69) is 15.2 Å². The average Bonchev–Trinajstić information content (AvgIpc) is 3.59. The SMILES string of the molecule is O=C(Cc1ccc(-n2cnc3cc(NCCCN4CCCC4)ccc3c2=O)c(F)c1)CS(=O)(=O)c1ccc(Cl)s1. The normalized spacial score (nSPS) is 14.2. The summed E-state index contributed by atoms with van der Waals surface area (Å²) in [5.74, 6) is -2.02. The summed E-state index contributed by atoms with van der Waals surface area (Å²) in [4.78, 5) is 32.4. The quantitative estimate of drug-likeness (QED) is 0.248. The standard InChI is InChI=1S/C28H28ClFN4O4S2/c29-26-8-9-27(39-26)40(37,38)17-21(35)14-19-4-7-25(23(30)15-19)34-18-32-24-16-20(5-6-22(24)28(34)36)31-10-3-13-33-11-1-2-12-33/h4-9,15-16,18,31H,1-3,10-14,17H2. The number of sulfone groups is 1. The Balaban J connectivity index is 1.25. The first kappa shape index (κ1) is 28.4. The summed E-state index contributed by atoms with van der Waals surface area (Å²) in [6.07, 6.45) is 4.58. The van der Waals surface area contributed by atoms with Crippen LogP contribution < -0.4 is 10.9 Å². The number of ketones is 1. The van der Waals surface area contributed by atoms with Crippen LogP contribution in [0.15, 0.2) is 63.9 Å². The second-order valence-electron chi connectivity index (χ2n) is 9.80. The highest BCUT2D eigenvalue weighted by molar-refractivity contribution is 7.94. The van der Waals surface area contributed by atoms with E-state index in [9.17, 15) is 18.0 Å². The highest BCUT2D eigenvalue weighted by Gasteiger charge is 2.22. The minimum Gasteiger partial charge on any atom is -0.385 e. The summed E-state index contributed by atoms with van der Waals surface area (Å²) >= 11 is 6.68. The van der Waals surface area contributed by atoms with Crippen LogP contribution >= 0.6 is 22.9 Å². The van der Waals surface area contributed by atoms with Crippen molar-refractivity contribution in [2.75, 3.05) is 37.2 Å². The highest BCUT2D eigenvalue weighted by Crippen LogP contribution is 2.27. The third kappa shape index (κ3) is 6.60. The van der Waals surface area contributed by atoms with Crippen molar-refractivity contribution in [3.05, 3.63) is 80.9 Å². The maximum absolute atomic E-state index is 15.1. The Labute approximate surface area is 240 Å². The summed E-state index contributed by atoms with van der Waals surface area (Å²) < 4.78 is 41.4. The summed E-state index contributed by atoms with van der Waals surface area (Å²) in [6.45, 7) is 4.22. The molecule has 1 aliphatic heterocycles. The molecule has 1 fully saturated rings. The number of fused-ring (bicyclic) bond motifs is 1. The Kier molecular flexibility index (Phi) is 8.65. The lowest BCUT2D eigenvalue weighted by molar-refractivity contribution is -0.116. The molecule has 40 heavy (non-hydrogen) atoms. The van der Waals surface area contributed by atoms with E-state index in [1.54, 1.807) is 12.1 Å². The zero-order chi connectivity index (χ0) is 28.3. The van der Waals surface area contributed by atoms with Crippen molar-refractivity contribution in [2.45, 2.75) is 29.9 Å². The second-order valence-corrected chi connectivity index (χ2v) is 13.7. The van der Waals surface area contributed by atoms with Gasteiger partial charge in [0.2, 0.25) is 0 Å². The van der Waals surface area contributed by atoms with Gasteiger partial charge in [0.1, 0.15) is 22.1 Å². The molecule has 210 valence electrons. The van der Waals surface area contributed by atoms with Gasteiger partial charge in [-0.25, -0.2) is 17.8 Å². The molecular weight excluding hydrogens is 575 g/mol. The van der Waals surface area contributed by atoms with Crippen LogP contribution in [-0.4, -0.2) is 60.6 Å². The minimum absolute atomic E-state index is 0.0102. The van der Waals surface area contributed by atoms with Crippen LogP contribution in [0.1, 0.15) is 24.8 Å². The van der Waals surface area contributed by atoms with Gasteiger partial charge >= 0.3 is 0 Å². The van der Waals surface area contributed by atoms with Crippen LogP contribution in [0.25, 0.3) is 16.6 Å². The first-order valence-corrected chi connectivity index (χ1v) is 15.8. The van der Waals surface area contributed by atoms with Crippen molar-refractivity contribution in [1.82, 2.24) is 14.5 Å². The number of carbonyl (C=O) groups is 1. The van der Waals surface area contributed by atoms with Crippen molar-refractivity contribution >= 4 is 55.1 Å². The molecule has 0 amide bonds. The van der Waals surface area contributed by atoms with E-state index in [4.69, 9.17) is 11.6 Å². The zero-order valence-electron chi connectivity index (χ0n) is 21.6. The van der Waals surface area contributed by atoms with Gasteiger partial charge in [-0.2, -0.15) is 0 Å². The fourth-order valence-corrected chi connectivity index (χ4v) is 7.64. The molecular formula is C28H28ClFN4O4S2. The molecule has 5 rings (SSSR count). The van der Waals surface area contributed by atoms with Crippen LogP contribution in [0.5, 0.6) is 0 Å². The van der Waals surface area contributed by atoms with Gasteiger partial charge in [-0.1, -0.05) is 17.7 Å². The highest BCUT2D eigenvalue weighted by atomic mass is 35.5. The van der Waals surface area contributed by atoms with Gasteiger partial charge in [0, 0.05) is 18.7 Å². The van der Waals surface area contributed by atoms with E-state index in [1.165, 1.54) is 56.5 Å². The molecule has 0 saturated carbocycles. The number of nitrogens with zero attached hydrogens (tertiary/aromatic N) is 3. The molecule has 1 N–H and O–H groups in total. The number of hydrogen-bond donors (Lipinski definition) is 1. The number of thiophene rings is 1. The predicted molar refractivity (Wildman–Crippen MR) is 156 cm³/mol. The van der Waals surface area contributed by atoms with Gasteiger partial charge in [0.25, 0.3) is 5.56 Å². The predicted octanol–water partition coefficient (Wildman–Crippen LogP) is 4.72. The van der Waals surface area contributed by atoms with E-state index in [0.29, 0.717) is 20.8 Å². The topological polar surface area (TPSA) is 101 Å². The van der Waals surface area contributed by atoms with E-state index < -0.39 is 32.7 Å². The molecule has 1 aliphatic rings. The number of Topliss-reactive ketones (excluding diaryl/α,β-unsaturated/α-hetero) is 1. The smallest absolute Gasteiger partial charge is 0.265 e. The van der Waals surface area contributed by atoms with Gasteiger partial charge in [-0.3, -0.25) is 14.2 Å². The van der Waals surface area contributed by atoms with Crippen LogP contribution in [0.2, 0.25) is 4.34 Å². The number of aromatic nitrogens is 2. The number of carbonyl (C=O) groups excluding carboxylic acids is 1. The van der Waals surface area contributed by atoms with Crippen molar-refractivity contribution in [3.8, 4) is 5.69 Å². The number of halogens is 2. The summed E-state index contributed by atoms with van der Waals surface area (Å²) in [6, 6.07) is 12.1. The second kappa shape index (κ2) is 12.2. The Bertz CT molecular complexity index is 1720. The van der Waals surface area contributed by atoms with Gasteiger partial charge in [-0.05, 0) is 86.9 Å². The Morgan fingerprint density at radius 2 is 1.90 bits per heavy atom. The zero-order valence-corrected chi connectivity index (χ0v) is 24.0. The van der Waals surface area contributed by atoms with E-state index in [0.717, 1.165) is 47.2 Å². The molecule has 0 atom stereocenters. The lowest BCUT2D eigenvalue weighted by atomic mass is 10.1. The first-order valence-electron chi connectivity index (χ1n) is 13.0. The number of nitrogens with one attached hydrogen (secondary N) is 1. The van der Waals surface area contributed by atoms with Crippen molar-refractivity contribution in [1.29, 1.82) is 0 Å². The lowest BCUT2D eigenvalue weighted by Crippen LogP contribution is -2.22. The lowest BCUT2D eigenvalue weighted by Gasteiger charge is -2.15. The molecule has 8 nitrogen and oxygen atoms in total. The minimum atomic E-state index is -3.83. The molecule has 12 heteroatoms. The molecule has 0 unspecified atom stereocenters. The van der Waals surface area contributed by atoms with Gasteiger partial charge in [0.05, 0.1) is 20.9 Å². The van der Waals surface area contributed by atoms with Gasteiger partial charge in [0.15, 0.2) is 15.6 Å². The summed E-state index contributed by atoms with van der Waals surface area (Å²) in [5.41, 5.74) is 1.23. The molecule has 3 heterocycles. The number of hydrogen-bond acceptors (Lipinski definition) is 8. The average molecular weight is 603 g/mol. The molecule has 4 aromatic rings. The molecule has 2 aromatic carbocycles. The Morgan fingerprint density at radius 1 is 1.10 bits per heavy atom. The van der Waals surface area contributed by atoms with Crippen molar-refractivity contribution in [2.24, 2.45) is 0 Å². The van der Waals surface area contributed by atoms with Crippen LogP contribution in [0, 0.1) is 5.82 Å². The van der Waals surface area contributed by atoms with Crippen LogP contribution in [0.4, 0.5) is 10.1 Å². The number of rotatable bonds is 11. The maximum atomic E-state index is 15.1. The van der Waals surface area contributed by atoms with E-state index in [-0.39, 0.29) is 16.3 Å². The van der Waals surface area contributed by atoms with Crippen LogP contribution in [0.3, 0.4) is 0 Å². The van der Waals surface area contributed by atoms with E-state index >= 15 is 4.39 Å².